The monoisotopic (exact) mass is 522 g/mol. The van der Waals surface area contributed by atoms with E-state index >= 15 is 0 Å². The van der Waals surface area contributed by atoms with Gasteiger partial charge in [-0.3, -0.25) is 9.78 Å². The van der Waals surface area contributed by atoms with Crippen LogP contribution >= 0.6 is 0 Å². The number of nitrogens with one attached hydrogen (secondary N) is 1. The fourth-order valence-corrected chi connectivity index (χ4v) is 3.34. The second-order valence-corrected chi connectivity index (χ2v) is 8.79. The minimum atomic E-state index is -4.50. The van der Waals surface area contributed by atoms with Crippen molar-refractivity contribution in [1.82, 2.24) is 19.9 Å². The number of carbonyl (C=O) groups is 1. The van der Waals surface area contributed by atoms with E-state index in [9.17, 15) is 23.1 Å². The Labute approximate surface area is 214 Å². The zero-order valence-electron chi connectivity index (χ0n) is 21.5. The van der Waals surface area contributed by atoms with Crippen molar-refractivity contribution in [1.29, 1.82) is 0 Å². The van der Waals surface area contributed by atoms with Gasteiger partial charge in [-0.15, -0.1) is 0 Å². The summed E-state index contributed by atoms with van der Waals surface area (Å²) in [7, 11) is 1.55. The first kappa shape index (κ1) is 29.8. The first-order valence-electron chi connectivity index (χ1n) is 11.8. The van der Waals surface area contributed by atoms with E-state index in [0.29, 0.717) is 17.0 Å². The van der Waals surface area contributed by atoms with Gasteiger partial charge in [-0.25, -0.2) is 4.98 Å². The molecule has 0 aliphatic heterocycles. The van der Waals surface area contributed by atoms with Crippen LogP contribution in [0, 0.1) is 5.41 Å². The number of aliphatic hydroxyl groups is 2. The fourth-order valence-electron chi connectivity index (χ4n) is 3.34. The van der Waals surface area contributed by atoms with Gasteiger partial charge in [0.1, 0.15) is 23.9 Å². The summed E-state index contributed by atoms with van der Waals surface area (Å²) in [6, 6.07) is 10.3. The van der Waals surface area contributed by atoms with Crippen molar-refractivity contribution in [3.8, 4) is 28.4 Å². The number of hydrogen-bond donors (Lipinski definition) is 3. The molecule has 1 amide bonds. The van der Waals surface area contributed by atoms with Gasteiger partial charge in [-0.05, 0) is 50.2 Å². The molecule has 0 aliphatic rings. The van der Waals surface area contributed by atoms with Gasteiger partial charge in [0.05, 0.1) is 30.0 Å². The summed E-state index contributed by atoms with van der Waals surface area (Å²) in [5.41, 5.74) is 0.0199. The first-order valence-corrected chi connectivity index (χ1v) is 11.8. The summed E-state index contributed by atoms with van der Waals surface area (Å²) < 4.78 is 44.1. The highest BCUT2D eigenvalue weighted by Crippen LogP contribution is 2.30. The van der Waals surface area contributed by atoms with Crippen molar-refractivity contribution in [2.45, 2.75) is 40.0 Å². The number of ether oxygens (including phenoxy) is 1. The second kappa shape index (κ2) is 12.7. The summed E-state index contributed by atoms with van der Waals surface area (Å²) >= 11 is 0. The summed E-state index contributed by atoms with van der Waals surface area (Å²) in [6.07, 6.45) is -3.32. The molecule has 0 radical (unpaired) electrons. The Morgan fingerprint density at radius 3 is 2.19 bits per heavy atom. The Bertz CT molecular complexity index is 1130. The van der Waals surface area contributed by atoms with Gasteiger partial charge in [0.15, 0.2) is 0 Å². The lowest BCUT2D eigenvalue weighted by molar-refractivity contribution is -0.142. The molecule has 2 aromatic heterocycles. The molecule has 3 rings (SSSR count). The summed E-state index contributed by atoms with van der Waals surface area (Å²) in [5.74, 6) is 0.387. The molecule has 0 spiro atoms. The van der Waals surface area contributed by atoms with Crippen LogP contribution < -0.4 is 4.74 Å². The second-order valence-electron chi connectivity index (χ2n) is 8.79. The lowest BCUT2D eigenvalue weighted by atomic mass is 9.92. The highest BCUT2D eigenvalue weighted by molar-refractivity contribution is 5.82. The number of carbonyl (C=O) groups excluding carboxylic acids is 1. The van der Waals surface area contributed by atoms with Crippen molar-refractivity contribution in [2.24, 2.45) is 5.41 Å². The number of alkyl halides is 3. The molecule has 1 unspecified atom stereocenters. The van der Waals surface area contributed by atoms with Crippen molar-refractivity contribution in [3.05, 3.63) is 54.5 Å². The van der Waals surface area contributed by atoms with E-state index < -0.39 is 30.0 Å². The molecule has 3 aromatic rings. The smallest absolute Gasteiger partial charge is 0.432 e. The quantitative estimate of drug-likeness (QED) is 0.384. The van der Waals surface area contributed by atoms with Crippen LogP contribution in [0.1, 0.15) is 33.4 Å². The van der Waals surface area contributed by atoms with Crippen LogP contribution in [0.25, 0.3) is 22.6 Å². The lowest BCUT2D eigenvalue weighted by Gasteiger charge is -2.30. The van der Waals surface area contributed by atoms with E-state index in [2.05, 4.69) is 15.0 Å². The van der Waals surface area contributed by atoms with Crippen LogP contribution in [0.2, 0.25) is 0 Å². The maximum atomic E-state index is 12.8. The van der Waals surface area contributed by atoms with Crippen LogP contribution in [0.4, 0.5) is 13.2 Å². The molecular weight excluding hydrogens is 489 g/mol. The topological polar surface area (TPSA) is 112 Å². The molecule has 0 aliphatic carbocycles. The van der Waals surface area contributed by atoms with Crippen LogP contribution in [0.3, 0.4) is 0 Å². The number of imidazole rings is 1. The summed E-state index contributed by atoms with van der Waals surface area (Å²) in [4.78, 5) is 24.3. The Balaban J connectivity index is 0.00000235. The third-order valence-corrected chi connectivity index (χ3v) is 5.29. The van der Waals surface area contributed by atoms with E-state index in [-0.39, 0.29) is 24.9 Å². The highest BCUT2D eigenvalue weighted by atomic mass is 19.4. The van der Waals surface area contributed by atoms with E-state index in [1.54, 1.807) is 57.3 Å². The number of nitrogens with zero attached hydrogens (tertiary/aromatic N) is 3. The fraction of sp³-hybridized carbons (Fsp3) is 0.423. The molecule has 1 atom stereocenters. The van der Waals surface area contributed by atoms with Crippen LogP contribution in [0.15, 0.2) is 48.8 Å². The molecule has 11 heteroatoms. The molecule has 202 valence electrons. The predicted molar refractivity (Wildman–Crippen MR) is 134 cm³/mol. The molecule has 3 N–H and O–H groups in total. The number of amides is 1. The third kappa shape index (κ3) is 8.02. The van der Waals surface area contributed by atoms with Gasteiger partial charge in [0.2, 0.25) is 5.91 Å². The Morgan fingerprint density at radius 2 is 1.68 bits per heavy atom. The molecule has 37 heavy (non-hydrogen) atoms. The Hall–Kier alpha value is -3.44. The van der Waals surface area contributed by atoms with Crippen molar-refractivity contribution in [2.75, 3.05) is 26.8 Å². The number of hydrogen-bond acceptors (Lipinski definition) is 6. The number of halogens is 3. The van der Waals surface area contributed by atoms with Gasteiger partial charge < -0.3 is 24.8 Å². The maximum Gasteiger partial charge on any atom is 0.432 e. The Kier molecular flexibility index (Phi) is 10.2. The van der Waals surface area contributed by atoms with Crippen LogP contribution in [-0.4, -0.2) is 68.9 Å². The number of benzene rings is 1. The number of aliphatic hydroxyl groups excluding tert-OH is 2. The minimum Gasteiger partial charge on any atom is -0.492 e. The third-order valence-electron chi connectivity index (χ3n) is 5.29. The molecule has 8 nitrogen and oxygen atoms in total. The normalized spacial score (nSPS) is 12.4. The van der Waals surface area contributed by atoms with Gasteiger partial charge in [-0.2, -0.15) is 13.2 Å². The number of aromatic nitrogens is 3. The minimum absolute atomic E-state index is 0.0165. The van der Waals surface area contributed by atoms with Crippen LogP contribution in [-0.2, 0) is 11.0 Å². The molecule has 2 heterocycles. The first-order chi connectivity index (χ1) is 17.4. The molecule has 0 fully saturated rings. The average Bonchev–Trinajstić information content (AvgIpc) is 3.40. The number of H-pyrrole nitrogens is 1. The summed E-state index contributed by atoms with van der Waals surface area (Å²) in [5, 5.41) is 18.5. The van der Waals surface area contributed by atoms with Gasteiger partial charge in [-0.1, -0.05) is 13.8 Å². The standard InChI is InChI=1S/C24H27F3N4O4.C2H6/c1-23(2,22(34)31(3)12-17(33)13-32)14-35-18-7-4-15(5-8-18)19-9-6-16(10-28-19)21-29-11-20(30-21)24(25,26)27;1-2/h4-11,17,32-33H,12-14H2,1-3H3,(H,29,30);1-2H3. The number of aromatic amines is 1. The number of likely N-dealkylation sites (N-methyl/N-ethyl adjacent to an activating group) is 1. The largest absolute Gasteiger partial charge is 0.492 e. The summed E-state index contributed by atoms with van der Waals surface area (Å²) in [6.45, 7) is 7.14. The van der Waals surface area contributed by atoms with Gasteiger partial charge >= 0.3 is 6.18 Å². The number of rotatable bonds is 9. The highest BCUT2D eigenvalue weighted by Gasteiger charge is 2.33. The van der Waals surface area contributed by atoms with E-state index in [1.807, 2.05) is 13.8 Å². The molecule has 0 saturated heterocycles. The maximum absolute atomic E-state index is 12.8. The molecular formula is C26H33F3N4O4. The Morgan fingerprint density at radius 1 is 1.05 bits per heavy atom. The van der Waals surface area contributed by atoms with Crippen molar-refractivity contribution in [3.63, 3.8) is 0 Å². The van der Waals surface area contributed by atoms with E-state index in [1.165, 1.54) is 11.1 Å². The molecule has 0 saturated carbocycles. The van der Waals surface area contributed by atoms with Gasteiger partial charge in [0, 0.05) is 30.9 Å². The molecule has 1 aromatic carbocycles. The van der Waals surface area contributed by atoms with Crippen molar-refractivity contribution < 1.29 is 32.9 Å². The van der Waals surface area contributed by atoms with Gasteiger partial charge in [0.25, 0.3) is 0 Å². The van der Waals surface area contributed by atoms with E-state index in [4.69, 9.17) is 9.84 Å². The lowest BCUT2D eigenvalue weighted by Crippen LogP contribution is -2.45. The van der Waals surface area contributed by atoms with Crippen LogP contribution in [0.5, 0.6) is 5.75 Å². The number of pyridine rings is 1. The van der Waals surface area contributed by atoms with Crippen molar-refractivity contribution >= 4 is 5.91 Å². The zero-order valence-corrected chi connectivity index (χ0v) is 21.5. The van der Waals surface area contributed by atoms with E-state index in [0.717, 1.165) is 11.8 Å². The zero-order chi connectivity index (χ0) is 27.8. The predicted octanol–water partition coefficient (Wildman–Crippen LogP) is 4.40. The molecule has 0 bridgehead atoms. The SMILES string of the molecule is CC.CN(CC(O)CO)C(=O)C(C)(C)COc1ccc(-c2ccc(-c3ncc(C(F)(F)F)[nH]3)cn2)cc1. The average molecular weight is 523 g/mol.